The second-order valence-corrected chi connectivity index (χ2v) is 11.5. The van der Waals surface area contributed by atoms with Crippen molar-refractivity contribution >= 4 is 37.5 Å². The molecule has 0 fully saturated rings. The molecular weight excluding hydrogens is 548 g/mol. The number of amides is 1. The largest absolute Gasteiger partial charge is 0.295 e. The summed E-state index contributed by atoms with van der Waals surface area (Å²) in [7, 11) is -8.69. The maximum Gasteiger partial charge on any atom is 0.294 e. The first-order valence-corrected chi connectivity index (χ1v) is 14.4. The number of H-pyrrole nitrogens is 1. The summed E-state index contributed by atoms with van der Waals surface area (Å²) in [6.45, 7) is 3.41. The number of nitrogens with zero attached hydrogens (tertiary/aromatic N) is 3. The Labute approximate surface area is 224 Å². The minimum atomic E-state index is -4.35. The molecule has 3 aromatic rings. The van der Waals surface area contributed by atoms with Gasteiger partial charge in [0.25, 0.3) is 31.7 Å². The lowest BCUT2D eigenvalue weighted by Gasteiger charge is -2.11. The third-order valence-corrected chi connectivity index (χ3v) is 7.72. The fourth-order valence-electron chi connectivity index (χ4n) is 3.96. The molecule has 0 radical (unpaired) electrons. The predicted molar refractivity (Wildman–Crippen MR) is 143 cm³/mol. The predicted octanol–water partition coefficient (Wildman–Crippen LogP) is 2.81. The van der Waals surface area contributed by atoms with E-state index in [9.17, 15) is 26.4 Å². The van der Waals surface area contributed by atoms with Crippen LogP contribution in [0.15, 0.2) is 92.0 Å². The number of hydrogen-bond acceptors (Lipinski definition) is 7. The van der Waals surface area contributed by atoms with E-state index < -0.39 is 26.1 Å². The van der Waals surface area contributed by atoms with Crippen LogP contribution in [0.5, 0.6) is 0 Å². The Hall–Kier alpha value is -4.11. The Morgan fingerprint density at radius 3 is 1.95 bits per heavy atom. The molecule has 3 N–H and O–H groups in total. The van der Waals surface area contributed by atoms with E-state index in [1.807, 2.05) is 0 Å². The summed E-state index contributed by atoms with van der Waals surface area (Å²) in [5, 5.41) is 8.32. The number of carbonyl (C=O) groups is 1. The van der Waals surface area contributed by atoms with Gasteiger partial charge in [-0.3, -0.25) is 23.8 Å². The van der Waals surface area contributed by atoms with Crippen LogP contribution < -0.4 is 10.6 Å². The molecular formula is C25H24N4O8S2. The maximum atomic E-state index is 12.9. The average molecular weight is 573 g/mol. The Morgan fingerprint density at radius 2 is 1.41 bits per heavy atom. The number of benzene rings is 2. The van der Waals surface area contributed by atoms with E-state index in [2.05, 4.69) is 10.2 Å². The third-order valence-electron chi connectivity index (χ3n) is 5.99. The van der Waals surface area contributed by atoms with Gasteiger partial charge in [0.15, 0.2) is 0 Å². The van der Waals surface area contributed by atoms with Crippen molar-refractivity contribution in [3.63, 3.8) is 0 Å². The van der Waals surface area contributed by atoms with Crippen molar-refractivity contribution in [3.8, 4) is 5.69 Å². The van der Waals surface area contributed by atoms with Gasteiger partial charge < -0.3 is 0 Å². The molecule has 0 aliphatic carbocycles. The molecule has 204 valence electrons. The summed E-state index contributed by atoms with van der Waals surface area (Å²) in [5.41, 5.74) is 2.46. The molecule has 14 heteroatoms. The Morgan fingerprint density at radius 1 is 0.872 bits per heavy atom. The number of carbonyl (C=O) groups excluding carboxylic acids is 1. The lowest BCUT2D eigenvalue weighted by molar-refractivity contribution is -0.114. The molecule has 0 saturated carbocycles. The lowest BCUT2D eigenvalue weighted by Crippen LogP contribution is -2.21. The molecule has 39 heavy (non-hydrogen) atoms. The van der Waals surface area contributed by atoms with E-state index >= 15 is 0 Å². The minimum Gasteiger partial charge on any atom is -0.295 e. The van der Waals surface area contributed by atoms with Crippen LogP contribution >= 0.6 is 0 Å². The van der Waals surface area contributed by atoms with Crippen LogP contribution in [0.3, 0.4) is 0 Å². The van der Waals surface area contributed by atoms with Gasteiger partial charge in [0.2, 0.25) is 0 Å². The van der Waals surface area contributed by atoms with Crippen LogP contribution in [-0.4, -0.2) is 47.3 Å². The second-order valence-electron chi connectivity index (χ2n) is 8.64. The number of aromatic amines is 1. The number of allylic oxidation sites excluding steroid dienone is 3. The Balaban J connectivity index is 1.42. The van der Waals surface area contributed by atoms with E-state index in [1.165, 1.54) is 53.2 Å². The van der Waals surface area contributed by atoms with Gasteiger partial charge in [0.05, 0.1) is 32.5 Å². The molecule has 0 unspecified atom stereocenters. The highest BCUT2D eigenvalue weighted by Gasteiger charge is 2.28. The standard InChI is InChI=1S/C25H24N4O8S2/c1-16-22(24(30)28(26-16)18-8-12-20(13-9-18)38(32,33)34)6-4-3-5-7-23-17(2)27-29(25(23)31)19-10-14-21(15-11-19)39(35,36)37/h3-4,6,8-15,27H,5,7H2,1-2H3,(H,32,33,34)(H,35,36,37)/b4-3?,22-6-. The molecule has 1 aromatic heterocycles. The fourth-order valence-corrected chi connectivity index (χ4v) is 4.92. The van der Waals surface area contributed by atoms with Crippen molar-refractivity contribution in [1.29, 1.82) is 0 Å². The molecule has 0 atom stereocenters. The fraction of sp³-hybridized carbons (Fsp3) is 0.160. The molecule has 0 spiro atoms. The zero-order chi connectivity index (χ0) is 28.5. The normalized spacial score (nSPS) is 15.5. The van der Waals surface area contributed by atoms with Crippen LogP contribution in [0, 0.1) is 6.92 Å². The smallest absolute Gasteiger partial charge is 0.294 e. The van der Waals surface area contributed by atoms with Crippen LogP contribution in [0.4, 0.5) is 5.69 Å². The van der Waals surface area contributed by atoms with Crippen molar-refractivity contribution in [1.82, 2.24) is 9.78 Å². The van der Waals surface area contributed by atoms with Crippen molar-refractivity contribution < 1.29 is 30.7 Å². The number of nitrogens with one attached hydrogen (secondary N) is 1. The van der Waals surface area contributed by atoms with E-state index in [-0.39, 0.29) is 15.4 Å². The zero-order valence-electron chi connectivity index (χ0n) is 20.8. The third kappa shape index (κ3) is 5.98. The number of anilines is 1. The highest BCUT2D eigenvalue weighted by molar-refractivity contribution is 7.86. The van der Waals surface area contributed by atoms with Crippen LogP contribution in [-0.2, 0) is 31.5 Å². The Kier molecular flexibility index (Phi) is 7.57. The maximum absolute atomic E-state index is 12.9. The number of aryl methyl sites for hydroxylation is 1. The molecule has 2 heterocycles. The van der Waals surface area contributed by atoms with Crippen LogP contribution in [0.25, 0.3) is 5.69 Å². The first-order valence-electron chi connectivity index (χ1n) is 11.5. The first-order chi connectivity index (χ1) is 18.3. The van der Waals surface area contributed by atoms with E-state index in [4.69, 9.17) is 9.11 Å². The molecule has 12 nitrogen and oxygen atoms in total. The van der Waals surface area contributed by atoms with Crippen LogP contribution in [0.1, 0.15) is 24.6 Å². The lowest BCUT2D eigenvalue weighted by atomic mass is 10.1. The van der Waals surface area contributed by atoms with Gasteiger partial charge in [-0.2, -0.15) is 26.9 Å². The van der Waals surface area contributed by atoms with Crippen molar-refractivity contribution in [3.05, 3.63) is 93.9 Å². The summed E-state index contributed by atoms with van der Waals surface area (Å²) >= 11 is 0. The number of hydrogen-bond donors (Lipinski definition) is 3. The summed E-state index contributed by atoms with van der Waals surface area (Å²) < 4.78 is 64.4. The summed E-state index contributed by atoms with van der Waals surface area (Å²) in [6.07, 6.45) is 5.99. The van der Waals surface area contributed by atoms with Gasteiger partial charge in [-0.1, -0.05) is 12.2 Å². The number of hydrazone groups is 1. The minimum absolute atomic E-state index is 0.277. The molecule has 0 saturated heterocycles. The van der Waals surface area contributed by atoms with Gasteiger partial charge in [-0.05, 0) is 81.3 Å². The first kappa shape index (κ1) is 27.9. The highest BCUT2D eigenvalue weighted by Crippen LogP contribution is 2.25. The number of aromatic nitrogens is 2. The summed E-state index contributed by atoms with van der Waals surface area (Å²) in [4.78, 5) is 25.2. The molecule has 4 rings (SSSR count). The topological polar surface area (TPSA) is 179 Å². The number of rotatable bonds is 8. The van der Waals surface area contributed by atoms with Gasteiger partial charge in [-0.15, -0.1) is 0 Å². The molecule has 1 amide bonds. The monoisotopic (exact) mass is 572 g/mol. The van der Waals surface area contributed by atoms with Crippen molar-refractivity contribution in [2.45, 2.75) is 36.5 Å². The van der Waals surface area contributed by atoms with Crippen molar-refractivity contribution in [2.24, 2.45) is 5.10 Å². The van der Waals surface area contributed by atoms with Gasteiger partial charge in [-0.25, -0.2) is 4.68 Å². The average Bonchev–Trinajstić information content (AvgIpc) is 3.32. The quantitative estimate of drug-likeness (QED) is 0.272. The molecule has 2 aromatic carbocycles. The van der Waals surface area contributed by atoms with Crippen molar-refractivity contribution in [2.75, 3.05) is 5.01 Å². The molecule has 0 bridgehead atoms. The molecule has 1 aliphatic rings. The Bertz CT molecular complexity index is 1800. The van der Waals surface area contributed by atoms with E-state index in [0.717, 1.165) is 5.01 Å². The second kappa shape index (κ2) is 10.6. The molecule has 1 aliphatic heterocycles. The van der Waals surface area contributed by atoms with Gasteiger partial charge in [0, 0.05) is 11.3 Å². The summed E-state index contributed by atoms with van der Waals surface area (Å²) in [5.74, 6) is -0.402. The van der Waals surface area contributed by atoms with E-state index in [0.29, 0.717) is 46.8 Å². The summed E-state index contributed by atoms with van der Waals surface area (Å²) in [6, 6.07) is 10.3. The SMILES string of the molecule is CC1=NN(c2ccc(S(=O)(=O)O)cc2)C(=O)/C1=C\C=CCCc1c(C)[nH]n(-c2ccc(S(=O)(=O)O)cc2)c1=O. The zero-order valence-corrected chi connectivity index (χ0v) is 22.4. The van der Waals surface area contributed by atoms with Gasteiger partial charge in [0.1, 0.15) is 0 Å². The van der Waals surface area contributed by atoms with Crippen LogP contribution in [0.2, 0.25) is 0 Å². The highest BCUT2D eigenvalue weighted by atomic mass is 32.2. The van der Waals surface area contributed by atoms with Gasteiger partial charge >= 0.3 is 0 Å². The van der Waals surface area contributed by atoms with E-state index in [1.54, 1.807) is 32.1 Å².